The van der Waals surface area contributed by atoms with Crippen LogP contribution < -0.4 is 0 Å². The van der Waals surface area contributed by atoms with E-state index < -0.39 is 0 Å². The maximum absolute atomic E-state index is 4.35. The Labute approximate surface area is 86.4 Å². The second kappa shape index (κ2) is 3.79. The predicted molar refractivity (Wildman–Crippen MR) is 56.0 cm³/mol. The number of nitrogens with zero attached hydrogens (tertiary/aromatic N) is 4. The molecule has 0 aliphatic carbocycles. The molecule has 0 fully saturated rings. The second-order valence-corrected chi connectivity index (χ2v) is 3.53. The van der Waals surface area contributed by atoms with Crippen LogP contribution in [-0.2, 0) is 7.05 Å². The fourth-order valence-electron chi connectivity index (χ4n) is 1.17. The van der Waals surface area contributed by atoms with Gasteiger partial charge >= 0.3 is 0 Å². The molecule has 14 heavy (non-hydrogen) atoms. The molecular formula is C9H10N4S. The average molecular weight is 206 g/mol. The Balaban J connectivity index is 2.46. The van der Waals surface area contributed by atoms with Crippen LogP contribution in [0.3, 0.4) is 0 Å². The normalized spacial score (nSPS) is 10.4. The molecule has 2 aromatic rings. The molecule has 0 amide bonds. The molecule has 0 N–H and O–H groups in total. The van der Waals surface area contributed by atoms with Gasteiger partial charge in [0.05, 0.1) is 0 Å². The zero-order chi connectivity index (χ0) is 9.97. The third kappa shape index (κ3) is 1.63. The van der Waals surface area contributed by atoms with Crippen LogP contribution in [0.25, 0.3) is 11.5 Å². The van der Waals surface area contributed by atoms with E-state index in [1.165, 1.54) is 11.8 Å². The number of thioether (sulfide) groups is 1. The SMILES string of the molecule is CSc1nc(-c2ccccn2)n(C)n1. The van der Waals surface area contributed by atoms with Gasteiger partial charge in [-0.15, -0.1) is 5.10 Å². The van der Waals surface area contributed by atoms with E-state index >= 15 is 0 Å². The highest BCUT2D eigenvalue weighted by atomic mass is 32.2. The molecule has 0 saturated heterocycles. The molecule has 2 aromatic heterocycles. The van der Waals surface area contributed by atoms with Crippen molar-refractivity contribution in [1.82, 2.24) is 19.7 Å². The van der Waals surface area contributed by atoms with Crippen molar-refractivity contribution in [3.8, 4) is 11.5 Å². The Hall–Kier alpha value is -1.36. The third-order valence-electron chi connectivity index (χ3n) is 1.82. The van der Waals surface area contributed by atoms with Gasteiger partial charge in [-0.1, -0.05) is 17.8 Å². The molecule has 0 saturated carbocycles. The highest BCUT2D eigenvalue weighted by Crippen LogP contribution is 2.16. The minimum absolute atomic E-state index is 0.771. The Morgan fingerprint density at radius 3 is 2.79 bits per heavy atom. The zero-order valence-electron chi connectivity index (χ0n) is 8.01. The van der Waals surface area contributed by atoms with E-state index in [-0.39, 0.29) is 0 Å². The summed E-state index contributed by atoms with van der Waals surface area (Å²) >= 11 is 1.53. The van der Waals surface area contributed by atoms with Gasteiger partial charge in [0.15, 0.2) is 5.82 Å². The molecule has 2 heterocycles. The summed E-state index contributed by atoms with van der Waals surface area (Å²) in [5, 5.41) is 5.01. The first-order valence-electron chi connectivity index (χ1n) is 4.17. The number of pyridine rings is 1. The van der Waals surface area contributed by atoms with E-state index in [0.717, 1.165) is 16.7 Å². The standard InChI is InChI=1S/C9H10N4S/c1-13-8(11-9(12-13)14-2)7-5-3-4-6-10-7/h3-6H,1-2H3. The van der Waals surface area contributed by atoms with Crippen LogP contribution in [0.1, 0.15) is 0 Å². The molecule has 2 rings (SSSR count). The molecule has 0 bridgehead atoms. The van der Waals surface area contributed by atoms with Gasteiger partial charge in [0.25, 0.3) is 0 Å². The van der Waals surface area contributed by atoms with Gasteiger partial charge in [-0.05, 0) is 18.4 Å². The van der Waals surface area contributed by atoms with E-state index in [0.29, 0.717) is 0 Å². The first kappa shape index (κ1) is 9.21. The summed E-state index contributed by atoms with van der Waals surface area (Å²) in [6, 6.07) is 5.75. The van der Waals surface area contributed by atoms with Crippen molar-refractivity contribution in [2.75, 3.05) is 6.26 Å². The number of rotatable bonds is 2. The second-order valence-electron chi connectivity index (χ2n) is 2.76. The molecule has 0 aromatic carbocycles. The summed E-state index contributed by atoms with van der Waals surface area (Å²) < 4.78 is 1.74. The minimum atomic E-state index is 0.771. The van der Waals surface area contributed by atoms with Gasteiger partial charge in [-0.3, -0.25) is 4.98 Å². The molecule has 72 valence electrons. The first-order valence-corrected chi connectivity index (χ1v) is 5.40. The molecule has 0 spiro atoms. The monoisotopic (exact) mass is 206 g/mol. The summed E-state index contributed by atoms with van der Waals surface area (Å²) in [4.78, 5) is 8.58. The lowest BCUT2D eigenvalue weighted by Crippen LogP contribution is -1.95. The van der Waals surface area contributed by atoms with Crippen molar-refractivity contribution in [3.05, 3.63) is 24.4 Å². The van der Waals surface area contributed by atoms with Gasteiger partial charge in [0, 0.05) is 13.2 Å². The minimum Gasteiger partial charge on any atom is -0.253 e. The quantitative estimate of drug-likeness (QED) is 0.700. The van der Waals surface area contributed by atoms with Gasteiger partial charge in [0.1, 0.15) is 5.69 Å². The number of aryl methyl sites for hydroxylation is 1. The van der Waals surface area contributed by atoms with E-state index in [2.05, 4.69) is 15.1 Å². The fourth-order valence-corrected chi connectivity index (χ4v) is 1.55. The highest BCUT2D eigenvalue weighted by Gasteiger charge is 2.08. The van der Waals surface area contributed by atoms with Crippen molar-refractivity contribution >= 4 is 11.8 Å². The van der Waals surface area contributed by atoms with Crippen LogP contribution in [0, 0.1) is 0 Å². The predicted octanol–water partition coefficient (Wildman–Crippen LogP) is 1.60. The topological polar surface area (TPSA) is 43.6 Å². The smallest absolute Gasteiger partial charge is 0.208 e. The molecule has 0 unspecified atom stereocenters. The molecular weight excluding hydrogens is 196 g/mol. The fraction of sp³-hybridized carbons (Fsp3) is 0.222. The van der Waals surface area contributed by atoms with Crippen molar-refractivity contribution < 1.29 is 0 Å². The summed E-state index contributed by atoms with van der Waals surface area (Å²) in [7, 11) is 1.87. The van der Waals surface area contributed by atoms with Crippen LogP contribution in [0.5, 0.6) is 0 Å². The summed E-state index contributed by atoms with van der Waals surface area (Å²) in [6.45, 7) is 0. The molecule has 0 aliphatic rings. The lowest BCUT2D eigenvalue weighted by Gasteiger charge is -1.96. The summed E-state index contributed by atoms with van der Waals surface area (Å²) in [5.74, 6) is 0.801. The van der Waals surface area contributed by atoms with Crippen molar-refractivity contribution in [2.24, 2.45) is 7.05 Å². The molecule has 0 atom stereocenters. The van der Waals surface area contributed by atoms with Crippen LogP contribution in [-0.4, -0.2) is 26.0 Å². The Morgan fingerprint density at radius 1 is 1.36 bits per heavy atom. The largest absolute Gasteiger partial charge is 0.253 e. The van der Waals surface area contributed by atoms with Crippen molar-refractivity contribution in [3.63, 3.8) is 0 Å². The Morgan fingerprint density at radius 2 is 2.21 bits per heavy atom. The molecule has 4 nitrogen and oxygen atoms in total. The highest BCUT2D eigenvalue weighted by molar-refractivity contribution is 7.98. The zero-order valence-corrected chi connectivity index (χ0v) is 8.82. The average Bonchev–Trinajstić information content (AvgIpc) is 2.61. The molecule has 0 aliphatic heterocycles. The summed E-state index contributed by atoms with van der Waals surface area (Å²) in [5.41, 5.74) is 0.850. The van der Waals surface area contributed by atoms with Crippen molar-refractivity contribution in [2.45, 2.75) is 5.16 Å². The van der Waals surface area contributed by atoms with Crippen LogP contribution >= 0.6 is 11.8 Å². The van der Waals surface area contributed by atoms with Crippen LogP contribution in [0.15, 0.2) is 29.6 Å². The number of hydrogen-bond acceptors (Lipinski definition) is 4. The molecule has 5 heteroatoms. The Bertz CT molecular complexity index is 424. The lowest BCUT2D eigenvalue weighted by molar-refractivity contribution is 0.743. The van der Waals surface area contributed by atoms with E-state index in [4.69, 9.17) is 0 Å². The van der Waals surface area contributed by atoms with Crippen LogP contribution in [0.2, 0.25) is 0 Å². The molecule has 0 radical (unpaired) electrons. The Kier molecular flexibility index (Phi) is 2.49. The van der Waals surface area contributed by atoms with E-state index in [9.17, 15) is 0 Å². The third-order valence-corrected chi connectivity index (χ3v) is 2.36. The number of aromatic nitrogens is 4. The first-order chi connectivity index (χ1) is 6.81. The lowest BCUT2D eigenvalue weighted by atomic mass is 10.3. The maximum Gasteiger partial charge on any atom is 0.208 e. The maximum atomic E-state index is 4.35. The van der Waals surface area contributed by atoms with Gasteiger partial charge in [-0.25, -0.2) is 4.68 Å². The van der Waals surface area contributed by atoms with Gasteiger partial charge in [0.2, 0.25) is 5.16 Å². The van der Waals surface area contributed by atoms with Gasteiger partial charge < -0.3 is 0 Å². The van der Waals surface area contributed by atoms with E-state index in [1.807, 2.05) is 31.5 Å². The van der Waals surface area contributed by atoms with Crippen molar-refractivity contribution in [1.29, 1.82) is 0 Å². The summed E-state index contributed by atoms with van der Waals surface area (Å²) in [6.07, 6.45) is 3.71. The van der Waals surface area contributed by atoms with Crippen LogP contribution in [0.4, 0.5) is 0 Å². The number of hydrogen-bond donors (Lipinski definition) is 0. The van der Waals surface area contributed by atoms with E-state index in [1.54, 1.807) is 10.9 Å². The van der Waals surface area contributed by atoms with Gasteiger partial charge in [-0.2, -0.15) is 4.98 Å².